The molecule has 0 spiro atoms. The number of carboxylic acids is 1. The molecule has 1 rings (SSSR count). The molecule has 0 unspecified atom stereocenters. The molecule has 0 radical (unpaired) electrons. The summed E-state index contributed by atoms with van der Waals surface area (Å²) in [4.78, 5) is 23.1. The zero-order valence-electron chi connectivity index (χ0n) is 11.3. The summed E-state index contributed by atoms with van der Waals surface area (Å²) >= 11 is 0. The van der Waals surface area contributed by atoms with Crippen molar-refractivity contribution in [3.63, 3.8) is 0 Å². The van der Waals surface area contributed by atoms with Gasteiger partial charge < -0.3 is 16.2 Å². The fraction of sp³-hybridized carbons (Fsp3) is 0.429. The Labute approximate surface area is 112 Å². The summed E-state index contributed by atoms with van der Waals surface area (Å²) in [5.41, 5.74) is 4.57. The number of carbonyl (C=O) groups is 2. The zero-order chi connectivity index (χ0) is 14.4. The lowest BCUT2D eigenvalue weighted by Crippen LogP contribution is -2.61. The van der Waals surface area contributed by atoms with E-state index in [0.29, 0.717) is 6.42 Å². The third kappa shape index (κ3) is 4.71. The van der Waals surface area contributed by atoms with Crippen LogP contribution >= 0.6 is 0 Å². The van der Waals surface area contributed by atoms with Crippen molar-refractivity contribution in [3.8, 4) is 0 Å². The minimum atomic E-state index is -1.01. The lowest BCUT2D eigenvalue weighted by Gasteiger charge is -2.18. The van der Waals surface area contributed by atoms with Crippen LogP contribution in [0.15, 0.2) is 30.3 Å². The van der Waals surface area contributed by atoms with E-state index in [1.807, 2.05) is 32.0 Å². The molecular formula is C14H21N2O3+. The zero-order valence-corrected chi connectivity index (χ0v) is 11.3. The number of amides is 1. The standard InChI is InChI=1S/C14H20N2O3/c1-9(2)8-11(14(18)19)16-13(17)12(15)10-6-4-3-5-7-10/h3-7,9,11-12H,8,15H2,1-2H3,(H,16,17)(H,18,19)/p+1/t11-,12+/m0/s1. The van der Waals surface area contributed by atoms with Crippen LogP contribution in [0.25, 0.3) is 0 Å². The Morgan fingerprint density at radius 1 is 1.26 bits per heavy atom. The number of nitrogens with one attached hydrogen (secondary N) is 1. The first-order chi connectivity index (χ1) is 8.91. The molecule has 0 aliphatic carbocycles. The number of quaternary nitrogens is 1. The molecule has 104 valence electrons. The Bertz CT molecular complexity index is 432. The van der Waals surface area contributed by atoms with E-state index in [1.54, 1.807) is 12.1 Å². The Hall–Kier alpha value is -1.88. The van der Waals surface area contributed by atoms with Crippen LogP contribution < -0.4 is 11.1 Å². The van der Waals surface area contributed by atoms with Gasteiger partial charge in [0.2, 0.25) is 0 Å². The molecule has 19 heavy (non-hydrogen) atoms. The van der Waals surface area contributed by atoms with Crippen molar-refractivity contribution in [2.24, 2.45) is 5.92 Å². The van der Waals surface area contributed by atoms with Gasteiger partial charge in [0, 0.05) is 5.56 Å². The Morgan fingerprint density at radius 3 is 2.32 bits per heavy atom. The average Bonchev–Trinajstić information content (AvgIpc) is 2.37. The Kier molecular flexibility index (Phi) is 5.51. The van der Waals surface area contributed by atoms with Gasteiger partial charge in [0.25, 0.3) is 5.91 Å². The largest absolute Gasteiger partial charge is 0.480 e. The van der Waals surface area contributed by atoms with Gasteiger partial charge in [-0.2, -0.15) is 0 Å². The minimum absolute atomic E-state index is 0.196. The maximum Gasteiger partial charge on any atom is 0.326 e. The second kappa shape index (κ2) is 6.89. The number of aliphatic carboxylic acids is 1. The third-order valence-electron chi connectivity index (χ3n) is 2.84. The van der Waals surface area contributed by atoms with E-state index < -0.39 is 18.1 Å². The summed E-state index contributed by atoms with van der Waals surface area (Å²) in [6.07, 6.45) is 0.405. The highest BCUT2D eigenvalue weighted by Crippen LogP contribution is 2.10. The first-order valence-electron chi connectivity index (χ1n) is 6.33. The molecule has 5 heteroatoms. The van der Waals surface area contributed by atoms with Gasteiger partial charge in [-0.25, -0.2) is 4.79 Å². The second-order valence-corrected chi connectivity index (χ2v) is 4.99. The van der Waals surface area contributed by atoms with Crippen LogP contribution in [0, 0.1) is 5.92 Å². The van der Waals surface area contributed by atoms with Gasteiger partial charge in [-0.3, -0.25) is 4.79 Å². The molecule has 0 aliphatic rings. The molecule has 0 heterocycles. The molecule has 1 amide bonds. The minimum Gasteiger partial charge on any atom is -0.480 e. The first-order valence-corrected chi connectivity index (χ1v) is 6.33. The molecular weight excluding hydrogens is 244 g/mol. The molecule has 0 fully saturated rings. The highest BCUT2D eigenvalue weighted by molar-refractivity contribution is 5.86. The van der Waals surface area contributed by atoms with E-state index in [0.717, 1.165) is 5.56 Å². The summed E-state index contributed by atoms with van der Waals surface area (Å²) in [6, 6.07) is 7.64. The lowest BCUT2D eigenvalue weighted by atomic mass is 10.0. The predicted molar refractivity (Wildman–Crippen MR) is 71.1 cm³/mol. The fourth-order valence-electron chi connectivity index (χ4n) is 1.80. The quantitative estimate of drug-likeness (QED) is 0.702. The maximum atomic E-state index is 12.0. The summed E-state index contributed by atoms with van der Waals surface area (Å²) < 4.78 is 0. The monoisotopic (exact) mass is 265 g/mol. The first kappa shape index (κ1) is 15.2. The van der Waals surface area contributed by atoms with Crippen molar-refractivity contribution < 1.29 is 20.4 Å². The van der Waals surface area contributed by atoms with E-state index in [4.69, 9.17) is 5.11 Å². The normalized spacial score (nSPS) is 13.9. The topological polar surface area (TPSA) is 94.0 Å². The Balaban J connectivity index is 2.69. The van der Waals surface area contributed by atoms with Crippen LogP contribution in [0.3, 0.4) is 0 Å². The number of hydrogen-bond donors (Lipinski definition) is 3. The average molecular weight is 265 g/mol. The number of hydrogen-bond acceptors (Lipinski definition) is 2. The maximum absolute atomic E-state index is 12.0. The highest BCUT2D eigenvalue weighted by atomic mass is 16.4. The molecule has 2 atom stereocenters. The number of benzene rings is 1. The van der Waals surface area contributed by atoms with E-state index in [9.17, 15) is 9.59 Å². The molecule has 0 saturated carbocycles. The van der Waals surface area contributed by atoms with Gasteiger partial charge in [-0.05, 0) is 12.3 Å². The van der Waals surface area contributed by atoms with E-state index in [1.165, 1.54) is 0 Å². The van der Waals surface area contributed by atoms with Crippen LogP contribution in [-0.4, -0.2) is 23.0 Å². The number of carboxylic acid groups (broad SMARTS) is 1. The molecule has 0 aliphatic heterocycles. The highest BCUT2D eigenvalue weighted by Gasteiger charge is 2.26. The molecule has 5 N–H and O–H groups in total. The Morgan fingerprint density at radius 2 is 1.84 bits per heavy atom. The van der Waals surface area contributed by atoms with E-state index in [-0.39, 0.29) is 11.8 Å². The van der Waals surface area contributed by atoms with Crippen LogP contribution in [0.1, 0.15) is 31.9 Å². The van der Waals surface area contributed by atoms with Gasteiger partial charge >= 0.3 is 5.97 Å². The summed E-state index contributed by atoms with van der Waals surface area (Å²) in [5.74, 6) is -1.18. The van der Waals surface area contributed by atoms with E-state index >= 15 is 0 Å². The summed E-state index contributed by atoms with van der Waals surface area (Å²) in [6.45, 7) is 3.84. The molecule has 5 nitrogen and oxygen atoms in total. The van der Waals surface area contributed by atoms with Crippen molar-refractivity contribution in [2.45, 2.75) is 32.4 Å². The summed E-state index contributed by atoms with van der Waals surface area (Å²) in [5, 5.41) is 11.6. The fourth-order valence-corrected chi connectivity index (χ4v) is 1.80. The van der Waals surface area contributed by atoms with Crippen molar-refractivity contribution >= 4 is 11.9 Å². The van der Waals surface area contributed by atoms with Crippen LogP contribution in [0.4, 0.5) is 0 Å². The molecule has 0 aromatic heterocycles. The van der Waals surface area contributed by atoms with Gasteiger partial charge in [0.1, 0.15) is 6.04 Å². The van der Waals surface area contributed by atoms with Crippen LogP contribution in [0.2, 0.25) is 0 Å². The van der Waals surface area contributed by atoms with Gasteiger partial charge in [0.15, 0.2) is 6.04 Å². The van der Waals surface area contributed by atoms with Crippen LogP contribution in [-0.2, 0) is 9.59 Å². The van der Waals surface area contributed by atoms with Crippen molar-refractivity contribution in [1.29, 1.82) is 0 Å². The van der Waals surface area contributed by atoms with E-state index in [2.05, 4.69) is 11.1 Å². The van der Waals surface area contributed by atoms with Crippen molar-refractivity contribution in [3.05, 3.63) is 35.9 Å². The predicted octanol–water partition coefficient (Wildman–Crippen LogP) is 0.585. The van der Waals surface area contributed by atoms with Gasteiger partial charge in [-0.1, -0.05) is 44.2 Å². The second-order valence-electron chi connectivity index (χ2n) is 4.99. The van der Waals surface area contributed by atoms with Gasteiger partial charge in [-0.15, -0.1) is 0 Å². The van der Waals surface area contributed by atoms with Crippen LogP contribution in [0.5, 0.6) is 0 Å². The number of carbonyl (C=O) groups excluding carboxylic acids is 1. The molecule has 0 saturated heterocycles. The smallest absolute Gasteiger partial charge is 0.326 e. The van der Waals surface area contributed by atoms with Crippen molar-refractivity contribution in [1.82, 2.24) is 5.32 Å². The molecule has 0 bridgehead atoms. The third-order valence-corrected chi connectivity index (χ3v) is 2.84. The van der Waals surface area contributed by atoms with Crippen molar-refractivity contribution in [2.75, 3.05) is 0 Å². The lowest BCUT2D eigenvalue weighted by molar-refractivity contribution is -0.409. The summed E-state index contributed by atoms with van der Waals surface area (Å²) in [7, 11) is 0. The molecule has 1 aromatic carbocycles. The molecule has 1 aromatic rings. The van der Waals surface area contributed by atoms with Gasteiger partial charge in [0.05, 0.1) is 0 Å². The SMILES string of the molecule is CC(C)C[C@H](NC(=O)[C@H]([NH3+])c1ccccc1)C(=O)O. The number of rotatable bonds is 6.